The van der Waals surface area contributed by atoms with E-state index in [1.54, 1.807) is 0 Å². The van der Waals surface area contributed by atoms with E-state index in [0.29, 0.717) is 32.2 Å². The Labute approximate surface area is 142 Å². The molecule has 0 bridgehead atoms. The van der Waals surface area contributed by atoms with Crippen LogP contribution in [-0.4, -0.2) is 46.9 Å². The third-order valence-electron chi connectivity index (χ3n) is 4.82. The molecule has 4 rings (SSSR count). The Hall–Kier alpha value is -2.14. The van der Waals surface area contributed by atoms with Gasteiger partial charge in [-0.25, -0.2) is 4.68 Å². The van der Waals surface area contributed by atoms with Crippen molar-refractivity contribution in [2.24, 2.45) is 0 Å². The molecule has 2 fully saturated rings. The maximum Gasteiger partial charge on any atom is 0.257 e. The van der Waals surface area contributed by atoms with E-state index in [-0.39, 0.29) is 5.91 Å². The van der Waals surface area contributed by atoms with Gasteiger partial charge in [-0.15, -0.1) is 0 Å². The van der Waals surface area contributed by atoms with E-state index in [4.69, 9.17) is 9.84 Å². The van der Waals surface area contributed by atoms with Gasteiger partial charge in [0.15, 0.2) is 0 Å². The van der Waals surface area contributed by atoms with Crippen LogP contribution < -0.4 is 0 Å². The average molecular weight is 325 g/mol. The molecular weight excluding hydrogens is 302 g/mol. The van der Waals surface area contributed by atoms with Gasteiger partial charge in [-0.05, 0) is 31.4 Å². The van der Waals surface area contributed by atoms with Crippen LogP contribution in [-0.2, 0) is 11.2 Å². The van der Waals surface area contributed by atoms with Crippen molar-refractivity contribution in [2.45, 2.75) is 32.1 Å². The van der Waals surface area contributed by atoms with Crippen molar-refractivity contribution in [2.75, 3.05) is 26.3 Å². The molecular formula is C19H23N3O2. The number of hydrogen-bond acceptors (Lipinski definition) is 3. The molecule has 126 valence electrons. The molecule has 1 aromatic heterocycles. The van der Waals surface area contributed by atoms with E-state index in [1.807, 2.05) is 39.9 Å². The van der Waals surface area contributed by atoms with E-state index in [0.717, 1.165) is 41.9 Å². The number of amides is 1. The van der Waals surface area contributed by atoms with Gasteiger partial charge < -0.3 is 9.64 Å². The highest BCUT2D eigenvalue weighted by Gasteiger charge is 2.36. The zero-order valence-electron chi connectivity index (χ0n) is 14.1. The number of carbonyl (C=O) groups excluding carboxylic acids is 1. The molecule has 1 saturated heterocycles. The Morgan fingerprint density at radius 2 is 1.92 bits per heavy atom. The van der Waals surface area contributed by atoms with Gasteiger partial charge in [0.2, 0.25) is 0 Å². The number of benzene rings is 1. The molecule has 1 aliphatic heterocycles. The summed E-state index contributed by atoms with van der Waals surface area (Å²) in [6.07, 6.45) is 3.07. The lowest BCUT2D eigenvalue weighted by Gasteiger charge is -2.27. The largest absolute Gasteiger partial charge is 0.378 e. The first-order chi connectivity index (χ1) is 11.8. The number of nitrogens with zero attached hydrogens (tertiary/aromatic N) is 3. The first-order valence-corrected chi connectivity index (χ1v) is 8.83. The molecule has 1 saturated carbocycles. The Balaban J connectivity index is 1.79. The van der Waals surface area contributed by atoms with Crippen LogP contribution in [0.5, 0.6) is 0 Å². The molecule has 2 heterocycles. The van der Waals surface area contributed by atoms with E-state index >= 15 is 0 Å². The van der Waals surface area contributed by atoms with Crippen LogP contribution in [0.25, 0.3) is 5.69 Å². The molecule has 0 N–H and O–H groups in total. The number of hydrogen-bond donors (Lipinski definition) is 0. The second kappa shape index (κ2) is 6.40. The maximum absolute atomic E-state index is 13.2. The monoisotopic (exact) mass is 325 g/mol. The second-order valence-electron chi connectivity index (χ2n) is 6.49. The zero-order valence-corrected chi connectivity index (χ0v) is 14.1. The highest BCUT2D eigenvalue weighted by molar-refractivity contribution is 5.97. The number of aromatic nitrogens is 2. The van der Waals surface area contributed by atoms with Crippen molar-refractivity contribution in [1.82, 2.24) is 14.7 Å². The molecule has 2 aliphatic rings. The molecule has 0 spiro atoms. The van der Waals surface area contributed by atoms with Gasteiger partial charge in [0, 0.05) is 19.0 Å². The smallest absolute Gasteiger partial charge is 0.257 e. The van der Waals surface area contributed by atoms with E-state index < -0.39 is 0 Å². The molecule has 5 nitrogen and oxygen atoms in total. The standard InChI is InChI=1S/C19H23N3O2/c1-2-16-17(19(23)21-10-12-24-13-11-21)18(14-8-9-14)20-22(16)15-6-4-3-5-7-15/h3-7,14H,2,8-13H2,1H3. The summed E-state index contributed by atoms with van der Waals surface area (Å²) in [4.78, 5) is 15.1. The van der Waals surface area contributed by atoms with Gasteiger partial charge >= 0.3 is 0 Å². The van der Waals surface area contributed by atoms with E-state index in [2.05, 4.69) is 6.92 Å². The van der Waals surface area contributed by atoms with Crippen molar-refractivity contribution in [3.63, 3.8) is 0 Å². The minimum atomic E-state index is 0.124. The van der Waals surface area contributed by atoms with Crippen LogP contribution in [0.3, 0.4) is 0 Å². The molecule has 0 atom stereocenters. The lowest BCUT2D eigenvalue weighted by molar-refractivity contribution is 0.0301. The fourth-order valence-corrected chi connectivity index (χ4v) is 3.38. The number of morpholine rings is 1. The summed E-state index contributed by atoms with van der Waals surface area (Å²) in [7, 11) is 0. The number of rotatable bonds is 4. The fourth-order valence-electron chi connectivity index (χ4n) is 3.38. The van der Waals surface area contributed by atoms with Crippen molar-refractivity contribution in [3.8, 4) is 5.69 Å². The number of para-hydroxylation sites is 1. The van der Waals surface area contributed by atoms with Gasteiger partial charge in [0.25, 0.3) is 5.91 Å². The summed E-state index contributed by atoms with van der Waals surface area (Å²) in [5.41, 5.74) is 3.88. The Kier molecular flexibility index (Phi) is 4.10. The number of ether oxygens (including phenoxy) is 1. The fraction of sp³-hybridized carbons (Fsp3) is 0.474. The first-order valence-electron chi connectivity index (χ1n) is 8.83. The first kappa shape index (κ1) is 15.4. The molecule has 24 heavy (non-hydrogen) atoms. The summed E-state index contributed by atoms with van der Waals surface area (Å²) >= 11 is 0. The van der Waals surface area contributed by atoms with Gasteiger partial charge in [0.05, 0.1) is 35.9 Å². The van der Waals surface area contributed by atoms with Gasteiger partial charge in [-0.1, -0.05) is 25.1 Å². The highest BCUT2D eigenvalue weighted by atomic mass is 16.5. The quantitative estimate of drug-likeness (QED) is 0.868. The summed E-state index contributed by atoms with van der Waals surface area (Å²) < 4.78 is 7.37. The maximum atomic E-state index is 13.2. The molecule has 1 aliphatic carbocycles. The van der Waals surface area contributed by atoms with Crippen LogP contribution in [0.4, 0.5) is 0 Å². The molecule has 5 heteroatoms. The van der Waals surface area contributed by atoms with Crippen LogP contribution in [0.15, 0.2) is 30.3 Å². The lowest BCUT2D eigenvalue weighted by Crippen LogP contribution is -2.41. The van der Waals surface area contributed by atoms with Gasteiger partial charge in [-0.3, -0.25) is 4.79 Å². The molecule has 0 radical (unpaired) electrons. The molecule has 1 amide bonds. The Morgan fingerprint density at radius 1 is 1.21 bits per heavy atom. The molecule has 2 aromatic rings. The average Bonchev–Trinajstić information content (AvgIpc) is 3.42. The summed E-state index contributed by atoms with van der Waals surface area (Å²) in [5.74, 6) is 0.569. The minimum Gasteiger partial charge on any atom is -0.378 e. The molecule has 1 aromatic carbocycles. The van der Waals surface area contributed by atoms with Crippen molar-refractivity contribution < 1.29 is 9.53 Å². The zero-order chi connectivity index (χ0) is 16.5. The third kappa shape index (κ3) is 2.73. The lowest BCUT2D eigenvalue weighted by atomic mass is 10.1. The Bertz CT molecular complexity index is 729. The Morgan fingerprint density at radius 3 is 2.54 bits per heavy atom. The van der Waals surface area contributed by atoms with Gasteiger partial charge in [-0.2, -0.15) is 5.10 Å². The summed E-state index contributed by atoms with van der Waals surface area (Å²) in [6, 6.07) is 10.1. The predicted molar refractivity (Wildman–Crippen MR) is 91.6 cm³/mol. The van der Waals surface area contributed by atoms with Crippen LogP contribution in [0.2, 0.25) is 0 Å². The topological polar surface area (TPSA) is 47.4 Å². The molecule has 0 unspecified atom stereocenters. The normalized spacial score (nSPS) is 18.0. The van der Waals surface area contributed by atoms with Crippen molar-refractivity contribution in [3.05, 3.63) is 47.3 Å². The van der Waals surface area contributed by atoms with E-state index in [9.17, 15) is 4.79 Å². The predicted octanol–water partition coefficient (Wildman–Crippen LogP) is 2.78. The van der Waals surface area contributed by atoms with Crippen molar-refractivity contribution in [1.29, 1.82) is 0 Å². The van der Waals surface area contributed by atoms with Crippen LogP contribution in [0, 0.1) is 0 Å². The van der Waals surface area contributed by atoms with Gasteiger partial charge in [0.1, 0.15) is 0 Å². The third-order valence-corrected chi connectivity index (χ3v) is 4.82. The SMILES string of the molecule is CCc1c(C(=O)N2CCOCC2)c(C2CC2)nn1-c1ccccc1. The number of carbonyl (C=O) groups is 1. The minimum absolute atomic E-state index is 0.124. The second-order valence-corrected chi connectivity index (χ2v) is 6.49. The summed E-state index contributed by atoms with van der Waals surface area (Å²) in [5, 5.41) is 4.87. The highest BCUT2D eigenvalue weighted by Crippen LogP contribution is 2.42. The summed E-state index contributed by atoms with van der Waals surface area (Å²) in [6.45, 7) is 4.69. The van der Waals surface area contributed by atoms with Crippen LogP contribution >= 0.6 is 0 Å². The van der Waals surface area contributed by atoms with E-state index in [1.165, 1.54) is 0 Å². The van der Waals surface area contributed by atoms with Crippen LogP contribution in [0.1, 0.15) is 47.4 Å². The van der Waals surface area contributed by atoms with Crippen molar-refractivity contribution >= 4 is 5.91 Å².